The van der Waals surface area contributed by atoms with Gasteiger partial charge in [-0.05, 0) is 65.7 Å². The van der Waals surface area contributed by atoms with Crippen molar-refractivity contribution in [1.29, 1.82) is 0 Å². The van der Waals surface area contributed by atoms with Gasteiger partial charge in [-0.3, -0.25) is 4.98 Å². The van der Waals surface area contributed by atoms with Crippen molar-refractivity contribution in [2.75, 3.05) is 6.54 Å². The van der Waals surface area contributed by atoms with Gasteiger partial charge in [0.25, 0.3) is 0 Å². The van der Waals surface area contributed by atoms with Gasteiger partial charge in [0.1, 0.15) is 0 Å². The number of hydrogen-bond acceptors (Lipinski definition) is 2. The predicted octanol–water partition coefficient (Wildman–Crippen LogP) is 4.58. The summed E-state index contributed by atoms with van der Waals surface area (Å²) in [5.41, 5.74) is 1.21. The summed E-state index contributed by atoms with van der Waals surface area (Å²) in [5, 5.41) is 3.77. The molecular weight excluding hydrogens is 312 g/mol. The van der Waals surface area contributed by atoms with E-state index >= 15 is 0 Å². The molecule has 1 aromatic heterocycles. The van der Waals surface area contributed by atoms with Crippen LogP contribution < -0.4 is 5.32 Å². The van der Waals surface area contributed by atoms with Crippen LogP contribution in [-0.2, 0) is 6.42 Å². The highest BCUT2D eigenvalue weighted by Crippen LogP contribution is 2.31. The monoisotopic (exact) mass is 338 g/mol. The van der Waals surface area contributed by atoms with Gasteiger partial charge >= 0.3 is 0 Å². The van der Waals surface area contributed by atoms with E-state index in [9.17, 15) is 0 Å². The van der Waals surface area contributed by atoms with Crippen LogP contribution in [-0.4, -0.2) is 17.6 Å². The van der Waals surface area contributed by atoms with E-state index in [2.05, 4.69) is 52.2 Å². The molecule has 0 aromatic carbocycles. The van der Waals surface area contributed by atoms with Gasteiger partial charge in [-0.1, -0.05) is 26.7 Å². The zero-order valence-electron chi connectivity index (χ0n) is 12.7. The molecule has 3 atom stereocenters. The molecule has 1 heterocycles. The average molecular weight is 339 g/mol. The Bertz CT molecular complexity index is 390. The van der Waals surface area contributed by atoms with Gasteiger partial charge in [0, 0.05) is 28.8 Å². The van der Waals surface area contributed by atoms with E-state index in [1.54, 1.807) is 0 Å². The van der Waals surface area contributed by atoms with E-state index in [4.69, 9.17) is 0 Å². The highest BCUT2D eigenvalue weighted by molar-refractivity contribution is 9.10. The fourth-order valence-corrected chi connectivity index (χ4v) is 3.57. The number of nitrogens with one attached hydrogen (secondary N) is 1. The van der Waals surface area contributed by atoms with E-state index in [0.717, 1.165) is 29.3 Å². The summed E-state index contributed by atoms with van der Waals surface area (Å²) in [6, 6.07) is 4.84. The summed E-state index contributed by atoms with van der Waals surface area (Å²) in [4.78, 5) is 4.55. The number of aromatic nitrogens is 1. The Labute approximate surface area is 131 Å². The Hall–Kier alpha value is -0.410. The minimum Gasteiger partial charge on any atom is -0.313 e. The van der Waals surface area contributed by atoms with Gasteiger partial charge in [-0.2, -0.15) is 0 Å². The third kappa shape index (κ3) is 4.85. The lowest BCUT2D eigenvalue weighted by atomic mass is 9.77. The van der Waals surface area contributed by atoms with Gasteiger partial charge < -0.3 is 5.32 Å². The quantitative estimate of drug-likeness (QED) is 0.820. The van der Waals surface area contributed by atoms with Crippen LogP contribution >= 0.6 is 15.9 Å². The maximum atomic E-state index is 4.55. The molecule has 0 bridgehead atoms. The minimum atomic E-state index is 0.589. The predicted molar refractivity (Wildman–Crippen MR) is 88.8 cm³/mol. The van der Waals surface area contributed by atoms with E-state index < -0.39 is 0 Å². The summed E-state index contributed by atoms with van der Waals surface area (Å²) in [6.45, 7) is 5.76. The first-order valence-corrected chi connectivity index (χ1v) is 8.82. The van der Waals surface area contributed by atoms with Crippen molar-refractivity contribution in [1.82, 2.24) is 10.3 Å². The highest BCUT2D eigenvalue weighted by atomic mass is 79.9. The number of rotatable bonds is 6. The van der Waals surface area contributed by atoms with Crippen molar-refractivity contribution in [3.63, 3.8) is 0 Å². The van der Waals surface area contributed by atoms with Crippen molar-refractivity contribution in [3.8, 4) is 0 Å². The van der Waals surface area contributed by atoms with Gasteiger partial charge in [-0.15, -0.1) is 0 Å². The molecule has 1 fully saturated rings. The molecule has 1 aromatic rings. The van der Waals surface area contributed by atoms with Crippen LogP contribution in [0.25, 0.3) is 0 Å². The zero-order chi connectivity index (χ0) is 14.4. The standard InChI is InChI=1S/C17H27BrN2/c1-3-9-19-17(14-6-4-5-13(2)10-14)11-16-8-7-15(18)12-20-16/h7-8,12-14,17,19H,3-6,9-11H2,1-2H3. The molecule has 1 aliphatic carbocycles. The maximum absolute atomic E-state index is 4.55. The minimum absolute atomic E-state index is 0.589. The maximum Gasteiger partial charge on any atom is 0.0420 e. The van der Waals surface area contributed by atoms with Crippen molar-refractivity contribution in [3.05, 3.63) is 28.5 Å². The fourth-order valence-electron chi connectivity index (χ4n) is 3.33. The third-order valence-corrected chi connectivity index (χ3v) is 4.89. The Morgan fingerprint density at radius 3 is 2.90 bits per heavy atom. The Balaban J connectivity index is 2.00. The van der Waals surface area contributed by atoms with Crippen molar-refractivity contribution < 1.29 is 0 Å². The normalized spacial score (nSPS) is 24.6. The first kappa shape index (κ1) is 16.0. The Morgan fingerprint density at radius 2 is 2.25 bits per heavy atom. The lowest BCUT2D eigenvalue weighted by Gasteiger charge is -2.34. The zero-order valence-corrected chi connectivity index (χ0v) is 14.3. The average Bonchev–Trinajstić information content (AvgIpc) is 2.45. The molecule has 0 aliphatic heterocycles. The summed E-state index contributed by atoms with van der Waals surface area (Å²) >= 11 is 3.46. The second-order valence-corrected chi connectivity index (χ2v) is 7.18. The smallest absolute Gasteiger partial charge is 0.0420 e. The Morgan fingerprint density at radius 1 is 1.40 bits per heavy atom. The molecule has 2 rings (SSSR count). The topological polar surface area (TPSA) is 24.9 Å². The van der Waals surface area contributed by atoms with E-state index in [1.165, 1.54) is 37.8 Å². The van der Waals surface area contributed by atoms with E-state index in [-0.39, 0.29) is 0 Å². The summed E-state index contributed by atoms with van der Waals surface area (Å²) in [7, 11) is 0. The summed E-state index contributed by atoms with van der Waals surface area (Å²) in [5.74, 6) is 1.70. The van der Waals surface area contributed by atoms with E-state index in [1.807, 2.05) is 6.20 Å². The molecule has 1 saturated carbocycles. The SMILES string of the molecule is CCCNC(Cc1ccc(Br)cn1)C1CCCC(C)C1. The molecule has 112 valence electrons. The van der Waals surface area contributed by atoms with Gasteiger partial charge in [0.15, 0.2) is 0 Å². The summed E-state index contributed by atoms with van der Waals surface area (Å²) in [6.07, 6.45) is 9.73. The largest absolute Gasteiger partial charge is 0.313 e. The number of halogens is 1. The second-order valence-electron chi connectivity index (χ2n) is 6.26. The van der Waals surface area contributed by atoms with Gasteiger partial charge in [0.05, 0.1) is 0 Å². The molecule has 1 aliphatic rings. The molecule has 2 nitrogen and oxygen atoms in total. The van der Waals surface area contributed by atoms with Crippen LogP contribution in [0.3, 0.4) is 0 Å². The molecule has 20 heavy (non-hydrogen) atoms. The van der Waals surface area contributed by atoms with Gasteiger partial charge in [-0.25, -0.2) is 0 Å². The first-order chi connectivity index (χ1) is 9.69. The van der Waals surface area contributed by atoms with Crippen LogP contribution in [0.15, 0.2) is 22.8 Å². The number of hydrogen-bond donors (Lipinski definition) is 1. The Kier molecular flexibility index (Phi) is 6.50. The molecular formula is C17H27BrN2. The highest BCUT2D eigenvalue weighted by Gasteiger charge is 2.26. The van der Waals surface area contributed by atoms with Crippen molar-refractivity contribution in [2.45, 2.75) is 58.4 Å². The van der Waals surface area contributed by atoms with Crippen LogP contribution in [0.5, 0.6) is 0 Å². The van der Waals surface area contributed by atoms with Crippen LogP contribution in [0.1, 0.15) is 51.6 Å². The summed E-state index contributed by atoms with van der Waals surface area (Å²) < 4.78 is 1.06. The lowest BCUT2D eigenvalue weighted by molar-refractivity contribution is 0.220. The molecule has 3 heteroatoms. The number of pyridine rings is 1. The van der Waals surface area contributed by atoms with Gasteiger partial charge in [0.2, 0.25) is 0 Å². The molecule has 0 saturated heterocycles. The lowest BCUT2D eigenvalue weighted by Crippen LogP contribution is -2.40. The second kappa shape index (κ2) is 8.14. The number of nitrogens with zero attached hydrogens (tertiary/aromatic N) is 1. The fraction of sp³-hybridized carbons (Fsp3) is 0.706. The molecule has 0 amide bonds. The van der Waals surface area contributed by atoms with Crippen LogP contribution in [0, 0.1) is 11.8 Å². The molecule has 3 unspecified atom stereocenters. The van der Waals surface area contributed by atoms with Crippen molar-refractivity contribution >= 4 is 15.9 Å². The molecule has 0 spiro atoms. The van der Waals surface area contributed by atoms with Crippen molar-refractivity contribution in [2.24, 2.45) is 11.8 Å². The molecule has 0 radical (unpaired) electrons. The third-order valence-electron chi connectivity index (χ3n) is 4.42. The van der Waals surface area contributed by atoms with Crippen LogP contribution in [0.2, 0.25) is 0 Å². The molecule has 1 N–H and O–H groups in total. The van der Waals surface area contributed by atoms with E-state index in [0.29, 0.717) is 6.04 Å². The first-order valence-electron chi connectivity index (χ1n) is 8.02. The van der Waals surface area contributed by atoms with Crippen LogP contribution in [0.4, 0.5) is 0 Å².